The van der Waals surface area contributed by atoms with E-state index in [4.69, 9.17) is 13.9 Å². The van der Waals surface area contributed by atoms with Gasteiger partial charge in [-0.05, 0) is 78.1 Å². The monoisotopic (exact) mass is 476 g/mol. The average Bonchev–Trinajstić information content (AvgIpc) is 2.91. The molecule has 1 saturated heterocycles. The molecule has 0 radical (unpaired) electrons. The highest BCUT2D eigenvalue weighted by atomic mass is 28.4. The van der Waals surface area contributed by atoms with Crippen LogP contribution in [0.15, 0.2) is 11.6 Å². The van der Waals surface area contributed by atoms with E-state index in [0.717, 1.165) is 12.0 Å². The maximum absolute atomic E-state index is 12.6. The lowest BCUT2D eigenvalue weighted by atomic mass is 9.60. The van der Waals surface area contributed by atoms with E-state index < -0.39 is 31.8 Å². The van der Waals surface area contributed by atoms with Gasteiger partial charge in [-0.3, -0.25) is 0 Å². The van der Waals surface area contributed by atoms with E-state index >= 15 is 0 Å². The lowest BCUT2D eigenvalue weighted by Gasteiger charge is -2.50. The van der Waals surface area contributed by atoms with E-state index in [2.05, 4.69) is 61.6 Å². The number of aliphatic hydroxyl groups is 1. The molecular weight excluding hydrogens is 432 g/mol. The van der Waals surface area contributed by atoms with E-state index in [1.807, 2.05) is 13.0 Å². The zero-order valence-corrected chi connectivity index (χ0v) is 23.2. The summed E-state index contributed by atoms with van der Waals surface area (Å²) in [5, 5.41) is 11.3. The van der Waals surface area contributed by atoms with Crippen LogP contribution in [0, 0.1) is 34.5 Å². The van der Waals surface area contributed by atoms with Gasteiger partial charge in [-0.2, -0.15) is 0 Å². The number of carbonyl (C=O) groups is 1. The normalized spacial score (nSPS) is 50.2. The summed E-state index contributed by atoms with van der Waals surface area (Å²) in [5.41, 5.74) is -0.750. The van der Waals surface area contributed by atoms with Gasteiger partial charge in [-0.15, -0.1) is 0 Å². The molecule has 33 heavy (non-hydrogen) atoms. The quantitative estimate of drug-likeness (QED) is 0.298. The Labute approximate surface area is 200 Å². The highest BCUT2D eigenvalue weighted by Crippen LogP contribution is 2.76. The lowest BCUT2D eigenvalue weighted by molar-refractivity contribution is -0.0451. The van der Waals surface area contributed by atoms with Crippen LogP contribution in [0.3, 0.4) is 0 Å². The molecule has 1 spiro atoms. The van der Waals surface area contributed by atoms with Crippen molar-refractivity contribution in [2.45, 2.75) is 116 Å². The average molecular weight is 477 g/mol. The molecule has 0 bridgehead atoms. The Balaban J connectivity index is 1.71. The van der Waals surface area contributed by atoms with Crippen LogP contribution in [-0.4, -0.2) is 43.0 Å². The van der Waals surface area contributed by atoms with Gasteiger partial charge in [0, 0.05) is 12.3 Å². The summed E-state index contributed by atoms with van der Waals surface area (Å²) < 4.78 is 19.4. The van der Waals surface area contributed by atoms with Gasteiger partial charge in [0.05, 0.1) is 11.7 Å². The molecule has 0 aromatic carbocycles. The van der Waals surface area contributed by atoms with Crippen LogP contribution in [0.4, 0.5) is 4.79 Å². The number of carbonyl (C=O) groups excluding carboxylic acids is 1. The first-order valence-electron chi connectivity index (χ1n) is 12.9. The standard InChI is InChI=1S/C27H44O5Si/c1-15-20(32-33(9,10)23(2,3)4)19-18-16(24(18,5)6)11-12-26(19,8)17-13-25(7,29)14-27(17)21(15)30-22(28)31-27/h13,15-16,18-21,29H,11-12,14H2,1-10H3/t15-,16+,18+,19+,20+,21+,25-,26+,27-/m0/s1. The first-order valence-corrected chi connectivity index (χ1v) is 15.8. The topological polar surface area (TPSA) is 65.0 Å². The second kappa shape index (κ2) is 6.47. The van der Waals surface area contributed by atoms with E-state index in [0.29, 0.717) is 24.2 Å². The van der Waals surface area contributed by atoms with Gasteiger partial charge in [0.15, 0.2) is 20.0 Å². The summed E-state index contributed by atoms with van der Waals surface area (Å²) >= 11 is 0. The number of ether oxygens (including phenoxy) is 2. The van der Waals surface area contributed by atoms with E-state index in [1.165, 1.54) is 6.42 Å². The van der Waals surface area contributed by atoms with Crippen LogP contribution in [0.1, 0.15) is 74.7 Å². The summed E-state index contributed by atoms with van der Waals surface area (Å²) in [6.07, 6.45) is 3.51. The van der Waals surface area contributed by atoms with Gasteiger partial charge >= 0.3 is 6.16 Å². The van der Waals surface area contributed by atoms with Crippen LogP contribution >= 0.6 is 0 Å². The number of hydrogen-bond acceptors (Lipinski definition) is 5. The minimum Gasteiger partial charge on any atom is -0.426 e. The summed E-state index contributed by atoms with van der Waals surface area (Å²) in [6.45, 7) is 22.8. The van der Waals surface area contributed by atoms with Crippen molar-refractivity contribution in [3.63, 3.8) is 0 Å². The van der Waals surface area contributed by atoms with Gasteiger partial charge < -0.3 is 19.0 Å². The Kier molecular flexibility index (Phi) is 4.68. The van der Waals surface area contributed by atoms with Crippen LogP contribution in [0.5, 0.6) is 0 Å². The van der Waals surface area contributed by atoms with E-state index in [1.54, 1.807) is 0 Å². The third kappa shape index (κ3) is 3.05. The van der Waals surface area contributed by atoms with Gasteiger partial charge in [0.25, 0.3) is 0 Å². The van der Waals surface area contributed by atoms with Gasteiger partial charge in [0.1, 0.15) is 0 Å². The highest BCUT2D eigenvalue weighted by Gasteiger charge is 2.76. The SMILES string of the molecule is C[C@H]1[C@@H](O[Si](C)(C)C(C)(C)C)[C@H]2[C@H]3[C@@H](CC[C@]2(C)C2=C[C@](C)(O)C[C@]24OC(=O)O[C@H]14)C3(C)C. The second-order valence-corrected chi connectivity index (χ2v) is 19.3. The number of hydrogen-bond donors (Lipinski definition) is 1. The largest absolute Gasteiger partial charge is 0.509 e. The van der Waals surface area contributed by atoms with Crippen molar-refractivity contribution < 1.29 is 23.8 Å². The molecule has 0 unspecified atom stereocenters. The predicted molar refractivity (Wildman–Crippen MR) is 130 cm³/mol. The molecule has 5 rings (SSSR count). The lowest BCUT2D eigenvalue weighted by Crippen LogP contribution is -2.53. The van der Waals surface area contributed by atoms with Crippen LogP contribution in [0.25, 0.3) is 0 Å². The van der Waals surface area contributed by atoms with E-state index in [9.17, 15) is 9.90 Å². The molecule has 1 N–H and O–H groups in total. The Hall–Kier alpha value is -0.853. The zero-order chi connectivity index (χ0) is 24.6. The van der Waals surface area contributed by atoms with Crippen molar-refractivity contribution in [2.24, 2.45) is 34.5 Å². The molecule has 0 aromatic heterocycles. The summed E-state index contributed by atoms with van der Waals surface area (Å²) in [4.78, 5) is 12.6. The van der Waals surface area contributed by atoms with Crippen molar-refractivity contribution in [3.05, 3.63) is 11.6 Å². The van der Waals surface area contributed by atoms with Crippen LogP contribution < -0.4 is 0 Å². The Morgan fingerprint density at radius 2 is 1.79 bits per heavy atom. The van der Waals surface area contributed by atoms with Gasteiger partial charge in [-0.1, -0.05) is 48.5 Å². The molecule has 186 valence electrons. The molecule has 6 heteroatoms. The van der Waals surface area contributed by atoms with Crippen molar-refractivity contribution >= 4 is 14.5 Å². The minimum absolute atomic E-state index is 0.0155. The Bertz CT molecular complexity index is 914. The molecule has 4 aliphatic carbocycles. The third-order valence-corrected chi connectivity index (χ3v) is 15.4. The molecule has 4 fully saturated rings. The molecule has 5 nitrogen and oxygen atoms in total. The van der Waals surface area contributed by atoms with Crippen molar-refractivity contribution in [3.8, 4) is 0 Å². The Morgan fingerprint density at radius 1 is 1.15 bits per heavy atom. The maximum Gasteiger partial charge on any atom is 0.509 e. The molecule has 1 heterocycles. The highest BCUT2D eigenvalue weighted by molar-refractivity contribution is 6.74. The molecule has 3 saturated carbocycles. The van der Waals surface area contributed by atoms with Crippen molar-refractivity contribution in [1.29, 1.82) is 0 Å². The molecule has 0 amide bonds. The fourth-order valence-corrected chi connectivity index (χ4v) is 9.61. The van der Waals surface area contributed by atoms with E-state index in [-0.39, 0.29) is 27.9 Å². The number of rotatable bonds is 2. The number of fused-ring (bicyclic) bond motifs is 4. The summed E-state index contributed by atoms with van der Waals surface area (Å²) in [5.74, 6) is 1.55. The molecule has 9 atom stereocenters. The summed E-state index contributed by atoms with van der Waals surface area (Å²) in [7, 11) is -2.10. The molecule has 1 aliphatic heterocycles. The Morgan fingerprint density at radius 3 is 2.39 bits per heavy atom. The van der Waals surface area contributed by atoms with Gasteiger partial charge in [-0.25, -0.2) is 4.79 Å². The molecule has 5 aliphatic rings. The van der Waals surface area contributed by atoms with Crippen molar-refractivity contribution in [2.75, 3.05) is 0 Å². The predicted octanol–water partition coefficient (Wildman–Crippen LogP) is 6.07. The minimum atomic E-state index is -2.10. The van der Waals surface area contributed by atoms with Gasteiger partial charge in [0.2, 0.25) is 0 Å². The smallest absolute Gasteiger partial charge is 0.426 e. The summed E-state index contributed by atoms with van der Waals surface area (Å²) in [6, 6.07) is 0. The molecule has 0 aromatic rings. The fourth-order valence-electron chi connectivity index (χ4n) is 8.21. The molecular formula is C27H44O5Si. The second-order valence-electron chi connectivity index (χ2n) is 14.5. The fraction of sp³-hybridized carbons (Fsp3) is 0.889. The van der Waals surface area contributed by atoms with Crippen LogP contribution in [0.2, 0.25) is 18.1 Å². The maximum atomic E-state index is 12.6. The first kappa shape index (κ1) is 23.9. The van der Waals surface area contributed by atoms with Crippen molar-refractivity contribution in [1.82, 2.24) is 0 Å². The zero-order valence-electron chi connectivity index (χ0n) is 22.2. The first-order chi connectivity index (χ1) is 14.9. The third-order valence-electron chi connectivity index (χ3n) is 10.9. The van der Waals surface area contributed by atoms with Crippen LogP contribution in [-0.2, 0) is 13.9 Å².